The molecule has 1 aromatic rings. The SMILES string of the molecule is CCOC(=O)C1CC2(CCC1NCc1ccccc1)OCCO2. The zero-order valence-corrected chi connectivity index (χ0v) is 13.6. The molecule has 2 unspecified atom stereocenters. The lowest BCUT2D eigenvalue weighted by Gasteiger charge is -2.40. The number of hydrogen-bond donors (Lipinski definition) is 1. The van der Waals surface area contributed by atoms with Crippen LogP contribution in [0.5, 0.6) is 0 Å². The molecule has 3 rings (SSSR count). The molecule has 2 aliphatic rings. The number of carbonyl (C=O) groups excluding carboxylic acids is 1. The van der Waals surface area contributed by atoms with Crippen LogP contribution in [0.15, 0.2) is 30.3 Å². The summed E-state index contributed by atoms with van der Waals surface area (Å²) in [6.45, 7) is 4.20. The molecule has 0 aromatic heterocycles. The highest BCUT2D eigenvalue weighted by Crippen LogP contribution is 2.39. The first-order valence-electron chi connectivity index (χ1n) is 8.44. The Balaban J connectivity index is 1.66. The van der Waals surface area contributed by atoms with Gasteiger partial charge in [-0.2, -0.15) is 0 Å². The Labute approximate surface area is 137 Å². The van der Waals surface area contributed by atoms with Crippen molar-refractivity contribution in [2.75, 3.05) is 19.8 Å². The first-order valence-corrected chi connectivity index (χ1v) is 8.44. The largest absolute Gasteiger partial charge is 0.466 e. The molecule has 1 aromatic carbocycles. The van der Waals surface area contributed by atoms with E-state index in [0.29, 0.717) is 26.2 Å². The van der Waals surface area contributed by atoms with Crippen molar-refractivity contribution in [3.8, 4) is 0 Å². The summed E-state index contributed by atoms with van der Waals surface area (Å²) in [5.41, 5.74) is 1.21. The summed E-state index contributed by atoms with van der Waals surface area (Å²) in [6.07, 6.45) is 2.23. The zero-order valence-electron chi connectivity index (χ0n) is 13.6. The second-order valence-corrected chi connectivity index (χ2v) is 6.18. The Morgan fingerprint density at radius 1 is 1.30 bits per heavy atom. The van der Waals surface area contributed by atoms with Gasteiger partial charge in [-0.25, -0.2) is 0 Å². The quantitative estimate of drug-likeness (QED) is 0.844. The highest BCUT2D eigenvalue weighted by atomic mass is 16.7. The first-order chi connectivity index (χ1) is 11.2. The Kier molecular flexibility index (Phi) is 5.30. The van der Waals surface area contributed by atoms with Crippen LogP contribution < -0.4 is 5.32 Å². The maximum Gasteiger partial charge on any atom is 0.310 e. The third-order valence-corrected chi connectivity index (χ3v) is 4.67. The smallest absolute Gasteiger partial charge is 0.310 e. The number of carbonyl (C=O) groups is 1. The van der Waals surface area contributed by atoms with Gasteiger partial charge in [-0.1, -0.05) is 30.3 Å². The minimum absolute atomic E-state index is 0.0904. The zero-order chi connectivity index (χ0) is 16.1. The van der Waals surface area contributed by atoms with E-state index in [0.717, 1.165) is 19.4 Å². The summed E-state index contributed by atoms with van der Waals surface area (Å²) >= 11 is 0. The Morgan fingerprint density at radius 3 is 2.74 bits per heavy atom. The predicted molar refractivity (Wildman–Crippen MR) is 85.7 cm³/mol. The number of ether oxygens (including phenoxy) is 3. The van der Waals surface area contributed by atoms with E-state index in [1.807, 2.05) is 25.1 Å². The summed E-state index contributed by atoms with van der Waals surface area (Å²) in [6, 6.07) is 10.3. The highest BCUT2D eigenvalue weighted by Gasteiger charge is 2.47. The molecule has 1 aliphatic carbocycles. The monoisotopic (exact) mass is 319 g/mol. The van der Waals surface area contributed by atoms with Crippen molar-refractivity contribution in [1.29, 1.82) is 0 Å². The summed E-state index contributed by atoms with van der Waals surface area (Å²) in [7, 11) is 0. The van der Waals surface area contributed by atoms with E-state index in [4.69, 9.17) is 14.2 Å². The molecule has 1 spiro atoms. The normalized spacial score (nSPS) is 26.3. The second-order valence-electron chi connectivity index (χ2n) is 6.18. The van der Waals surface area contributed by atoms with Gasteiger partial charge in [0, 0.05) is 25.4 Å². The lowest BCUT2D eigenvalue weighted by atomic mass is 9.80. The Hall–Kier alpha value is -1.43. The predicted octanol–water partition coefficient (Wildman–Crippen LogP) is 2.25. The molecule has 23 heavy (non-hydrogen) atoms. The highest BCUT2D eigenvalue weighted by molar-refractivity contribution is 5.73. The van der Waals surface area contributed by atoms with E-state index in [1.165, 1.54) is 5.56 Å². The van der Waals surface area contributed by atoms with Crippen LogP contribution in [0.2, 0.25) is 0 Å². The first kappa shape index (κ1) is 16.4. The van der Waals surface area contributed by atoms with Crippen molar-refractivity contribution >= 4 is 5.97 Å². The summed E-state index contributed by atoms with van der Waals surface area (Å²) in [5, 5.41) is 3.52. The third-order valence-electron chi connectivity index (χ3n) is 4.67. The van der Waals surface area contributed by atoms with Crippen molar-refractivity contribution in [2.24, 2.45) is 5.92 Å². The molecule has 2 fully saturated rings. The molecule has 0 radical (unpaired) electrons. The van der Waals surface area contributed by atoms with Gasteiger partial charge < -0.3 is 19.5 Å². The molecule has 1 aliphatic heterocycles. The Bertz CT molecular complexity index is 513. The van der Waals surface area contributed by atoms with E-state index < -0.39 is 5.79 Å². The van der Waals surface area contributed by atoms with Crippen molar-refractivity contribution in [1.82, 2.24) is 5.32 Å². The minimum Gasteiger partial charge on any atom is -0.466 e. The number of benzene rings is 1. The Morgan fingerprint density at radius 2 is 2.04 bits per heavy atom. The standard InChI is InChI=1S/C18H25NO4/c1-2-21-17(20)15-12-18(22-10-11-23-18)9-8-16(15)19-13-14-6-4-3-5-7-14/h3-7,15-16,19H,2,8-13H2,1H3. The van der Waals surface area contributed by atoms with Crippen LogP contribution in [0.3, 0.4) is 0 Å². The van der Waals surface area contributed by atoms with Crippen LogP contribution >= 0.6 is 0 Å². The van der Waals surface area contributed by atoms with Gasteiger partial charge in [-0.3, -0.25) is 4.79 Å². The van der Waals surface area contributed by atoms with Crippen molar-refractivity contribution in [3.05, 3.63) is 35.9 Å². The van der Waals surface area contributed by atoms with Gasteiger partial charge in [-0.15, -0.1) is 0 Å². The van der Waals surface area contributed by atoms with Crippen LogP contribution in [0.25, 0.3) is 0 Å². The minimum atomic E-state index is -0.581. The molecular formula is C18H25NO4. The summed E-state index contributed by atoms with van der Waals surface area (Å²) < 4.78 is 16.9. The van der Waals surface area contributed by atoms with Gasteiger partial charge in [0.05, 0.1) is 25.7 Å². The lowest BCUT2D eigenvalue weighted by Crippen LogP contribution is -2.50. The topological polar surface area (TPSA) is 56.8 Å². The fourth-order valence-electron chi connectivity index (χ4n) is 3.50. The van der Waals surface area contributed by atoms with Gasteiger partial charge in [0.25, 0.3) is 0 Å². The number of esters is 1. The molecule has 0 bridgehead atoms. The van der Waals surface area contributed by atoms with Crippen LogP contribution in [0.4, 0.5) is 0 Å². The maximum atomic E-state index is 12.4. The number of hydrogen-bond acceptors (Lipinski definition) is 5. The lowest BCUT2D eigenvalue weighted by molar-refractivity contribution is -0.198. The van der Waals surface area contributed by atoms with Gasteiger partial charge in [-0.05, 0) is 18.9 Å². The molecule has 1 saturated carbocycles. The van der Waals surface area contributed by atoms with Crippen molar-refractivity contribution < 1.29 is 19.0 Å². The van der Waals surface area contributed by atoms with E-state index >= 15 is 0 Å². The average Bonchev–Trinajstić information content (AvgIpc) is 3.03. The number of rotatable bonds is 5. The number of nitrogens with one attached hydrogen (secondary N) is 1. The van der Waals surface area contributed by atoms with Gasteiger partial charge in [0.1, 0.15) is 0 Å². The van der Waals surface area contributed by atoms with Crippen LogP contribution in [0.1, 0.15) is 31.7 Å². The maximum absolute atomic E-state index is 12.4. The molecule has 1 heterocycles. The fraction of sp³-hybridized carbons (Fsp3) is 0.611. The van der Waals surface area contributed by atoms with Gasteiger partial charge in [0.2, 0.25) is 0 Å². The third kappa shape index (κ3) is 3.91. The van der Waals surface area contributed by atoms with Gasteiger partial charge in [0.15, 0.2) is 5.79 Å². The summed E-state index contributed by atoms with van der Waals surface area (Å²) in [5.74, 6) is -0.968. The molecule has 1 saturated heterocycles. The van der Waals surface area contributed by atoms with Crippen LogP contribution in [-0.2, 0) is 25.5 Å². The molecule has 1 N–H and O–H groups in total. The van der Waals surface area contributed by atoms with Crippen LogP contribution in [-0.4, -0.2) is 37.6 Å². The molecule has 126 valence electrons. The summed E-state index contributed by atoms with van der Waals surface area (Å²) in [4.78, 5) is 12.4. The van der Waals surface area contributed by atoms with Gasteiger partial charge >= 0.3 is 5.97 Å². The van der Waals surface area contributed by atoms with E-state index in [1.54, 1.807) is 0 Å². The molecular weight excluding hydrogens is 294 g/mol. The molecule has 2 atom stereocenters. The average molecular weight is 319 g/mol. The van der Waals surface area contributed by atoms with E-state index in [2.05, 4.69) is 17.4 Å². The molecule has 0 amide bonds. The molecule has 5 heteroatoms. The van der Waals surface area contributed by atoms with Crippen molar-refractivity contribution in [3.63, 3.8) is 0 Å². The van der Waals surface area contributed by atoms with E-state index in [9.17, 15) is 4.79 Å². The van der Waals surface area contributed by atoms with Crippen LogP contribution in [0, 0.1) is 5.92 Å². The van der Waals surface area contributed by atoms with Crippen molar-refractivity contribution in [2.45, 2.75) is 44.6 Å². The second kappa shape index (κ2) is 7.43. The fourth-order valence-corrected chi connectivity index (χ4v) is 3.50. The van der Waals surface area contributed by atoms with E-state index in [-0.39, 0.29) is 17.9 Å². The molecule has 5 nitrogen and oxygen atoms in total.